The molecule has 0 radical (unpaired) electrons. The number of aliphatic carboxylic acids is 1. The minimum atomic E-state index is -0.874. The third-order valence-electron chi connectivity index (χ3n) is 7.94. The van der Waals surface area contributed by atoms with Crippen LogP contribution in [0.15, 0.2) is 12.7 Å². The van der Waals surface area contributed by atoms with E-state index in [0.29, 0.717) is 13.0 Å². The van der Waals surface area contributed by atoms with Crippen molar-refractivity contribution < 1.29 is 19.4 Å². The fourth-order valence-electron chi connectivity index (χ4n) is 5.36. The van der Waals surface area contributed by atoms with Gasteiger partial charge in [0.25, 0.3) is 0 Å². The number of rotatable bonds is 32. The molecule has 230 valence electrons. The lowest BCUT2D eigenvalue weighted by molar-refractivity contribution is -0.151. The molecule has 0 heterocycles. The van der Waals surface area contributed by atoms with Crippen molar-refractivity contribution in [3.05, 3.63) is 12.7 Å². The average molecular weight is 551 g/mol. The number of carbonyl (C=O) groups excluding carboxylic acids is 1. The van der Waals surface area contributed by atoms with Gasteiger partial charge in [-0.15, -0.1) is 6.58 Å². The summed E-state index contributed by atoms with van der Waals surface area (Å²) in [4.78, 5) is 23.0. The zero-order valence-corrected chi connectivity index (χ0v) is 26.0. The van der Waals surface area contributed by atoms with Crippen LogP contribution in [0.4, 0.5) is 0 Å². The van der Waals surface area contributed by atoms with Gasteiger partial charge in [0.15, 0.2) is 0 Å². The van der Waals surface area contributed by atoms with Crippen LogP contribution in [-0.2, 0) is 14.3 Å². The van der Waals surface area contributed by atoms with Gasteiger partial charge in [-0.2, -0.15) is 0 Å². The Morgan fingerprint density at radius 3 is 1.26 bits per heavy atom. The van der Waals surface area contributed by atoms with Crippen molar-refractivity contribution in [2.24, 2.45) is 5.92 Å². The highest BCUT2D eigenvalue weighted by Gasteiger charge is 2.21. The molecule has 1 N–H and O–H groups in total. The molecule has 1 atom stereocenters. The van der Waals surface area contributed by atoms with E-state index in [-0.39, 0.29) is 12.4 Å². The summed E-state index contributed by atoms with van der Waals surface area (Å²) in [6.07, 6.45) is 37.0. The standard InChI is InChI=1S/C35H66O4/c1-3-5-6-7-8-9-10-11-12-13-14-15-16-17-18-19-20-21-22-23-24-25-26-27-28-29-30-33(35(37)38)32-34(36)39-31-4-2/h3,33H,1,4-32H2,2H3,(H,37,38). The maximum Gasteiger partial charge on any atom is 0.307 e. The Balaban J connectivity index is 3.27. The first-order valence-corrected chi connectivity index (χ1v) is 17.1. The number of unbranched alkanes of at least 4 members (excludes halogenated alkanes) is 24. The maximum absolute atomic E-state index is 11.7. The third kappa shape index (κ3) is 29.5. The highest BCUT2D eigenvalue weighted by molar-refractivity contribution is 5.78. The lowest BCUT2D eigenvalue weighted by Crippen LogP contribution is -2.19. The van der Waals surface area contributed by atoms with Crippen LogP contribution in [0.5, 0.6) is 0 Å². The summed E-state index contributed by atoms with van der Waals surface area (Å²) >= 11 is 0. The van der Waals surface area contributed by atoms with Gasteiger partial charge in [0.1, 0.15) is 0 Å². The number of carboxylic acid groups (broad SMARTS) is 1. The van der Waals surface area contributed by atoms with Gasteiger partial charge in [0.2, 0.25) is 0 Å². The molecule has 0 rings (SSSR count). The van der Waals surface area contributed by atoms with Gasteiger partial charge in [-0.1, -0.05) is 161 Å². The van der Waals surface area contributed by atoms with Crippen LogP contribution < -0.4 is 0 Å². The molecule has 0 amide bonds. The first-order valence-electron chi connectivity index (χ1n) is 17.1. The number of hydrogen-bond donors (Lipinski definition) is 1. The van der Waals surface area contributed by atoms with Crippen molar-refractivity contribution in [3.63, 3.8) is 0 Å². The number of carboxylic acids is 1. The Kier molecular flexibility index (Phi) is 30.2. The smallest absolute Gasteiger partial charge is 0.307 e. The maximum atomic E-state index is 11.7. The highest BCUT2D eigenvalue weighted by Crippen LogP contribution is 2.18. The molecule has 0 aliphatic rings. The van der Waals surface area contributed by atoms with E-state index < -0.39 is 11.9 Å². The van der Waals surface area contributed by atoms with Crippen molar-refractivity contribution in [2.45, 2.75) is 187 Å². The fourth-order valence-corrected chi connectivity index (χ4v) is 5.36. The Morgan fingerprint density at radius 2 is 0.949 bits per heavy atom. The zero-order chi connectivity index (χ0) is 28.7. The largest absolute Gasteiger partial charge is 0.481 e. The Hall–Kier alpha value is -1.32. The van der Waals surface area contributed by atoms with Crippen molar-refractivity contribution in [1.82, 2.24) is 0 Å². The van der Waals surface area contributed by atoms with E-state index in [2.05, 4.69) is 6.58 Å². The van der Waals surface area contributed by atoms with E-state index >= 15 is 0 Å². The van der Waals surface area contributed by atoms with E-state index in [9.17, 15) is 14.7 Å². The lowest BCUT2D eigenvalue weighted by atomic mass is 9.97. The summed E-state index contributed by atoms with van der Waals surface area (Å²) in [5.74, 6) is -1.85. The van der Waals surface area contributed by atoms with E-state index in [4.69, 9.17) is 4.74 Å². The molecule has 0 fully saturated rings. The van der Waals surface area contributed by atoms with Gasteiger partial charge >= 0.3 is 11.9 Å². The molecule has 0 saturated heterocycles. The van der Waals surface area contributed by atoms with Crippen LogP contribution in [0.2, 0.25) is 0 Å². The number of hydrogen-bond acceptors (Lipinski definition) is 3. The molecule has 4 nitrogen and oxygen atoms in total. The zero-order valence-electron chi connectivity index (χ0n) is 26.0. The minimum absolute atomic E-state index is 0.00700. The van der Waals surface area contributed by atoms with Gasteiger partial charge in [-0.05, 0) is 25.7 Å². The number of ether oxygens (including phenoxy) is 1. The molecular weight excluding hydrogens is 484 g/mol. The predicted molar refractivity (Wildman–Crippen MR) is 167 cm³/mol. The molecule has 0 aromatic rings. The Labute approximate surface area is 243 Å². The fraction of sp³-hybridized carbons (Fsp3) is 0.886. The minimum Gasteiger partial charge on any atom is -0.481 e. The van der Waals surface area contributed by atoms with Crippen LogP contribution in [-0.4, -0.2) is 23.7 Å². The molecule has 4 heteroatoms. The second-order valence-electron chi connectivity index (χ2n) is 11.8. The number of carbonyl (C=O) groups is 2. The molecule has 39 heavy (non-hydrogen) atoms. The predicted octanol–water partition coefficient (Wildman–Crippen LogP) is 11.4. The Bertz CT molecular complexity index is 545. The normalized spacial score (nSPS) is 11.9. The molecule has 1 unspecified atom stereocenters. The topological polar surface area (TPSA) is 63.6 Å². The summed E-state index contributed by atoms with van der Waals surface area (Å²) in [7, 11) is 0. The van der Waals surface area contributed by atoms with E-state index in [1.165, 1.54) is 148 Å². The lowest BCUT2D eigenvalue weighted by Gasteiger charge is -2.11. The van der Waals surface area contributed by atoms with Crippen molar-refractivity contribution >= 4 is 11.9 Å². The molecule has 0 spiro atoms. The summed E-state index contributed by atoms with van der Waals surface area (Å²) in [6.45, 7) is 6.10. The van der Waals surface area contributed by atoms with E-state index in [1.54, 1.807) is 0 Å². The SMILES string of the molecule is C=CCCCCCCCCCCCCCCCCCCCCCCCCCCC(CC(=O)OCCC)C(=O)O. The van der Waals surface area contributed by atoms with Gasteiger partial charge in [0.05, 0.1) is 18.9 Å². The Morgan fingerprint density at radius 1 is 0.615 bits per heavy atom. The summed E-state index contributed by atoms with van der Waals surface area (Å²) in [6, 6.07) is 0. The molecule has 0 aliphatic carbocycles. The van der Waals surface area contributed by atoms with E-state index in [0.717, 1.165) is 19.3 Å². The van der Waals surface area contributed by atoms with Gasteiger partial charge < -0.3 is 9.84 Å². The second kappa shape index (κ2) is 31.2. The second-order valence-corrected chi connectivity index (χ2v) is 11.8. The van der Waals surface area contributed by atoms with E-state index in [1.807, 2.05) is 13.0 Å². The molecule has 0 aromatic heterocycles. The first kappa shape index (κ1) is 37.7. The molecule has 0 saturated carbocycles. The third-order valence-corrected chi connectivity index (χ3v) is 7.94. The van der Waals surface area contributed by atoms with Crippen LogP contribution in [0, 0.1) is 5.92 Å². The molecule has 0 bridgehead atoms. The van der Waals surface area contributed by atoms with Crippen molar-refractivity contribution in [2.75, 3.05) is 6.61 Å². The quantitative estimate of drug-likeness (QED) is 0.0514. The number of allylic oxidation sites excluding steroid dienone is 1. The van der Waals surface area contributed by atoms with Gasteiger partial charge in [0, 0.05) is 0 Å². The summed E-state index contributed by atoms with van der Waals surface area (Å²) in [5.41, 5.74) is 0. The summed E-state index contributed by atoms with van der Waals surface area (Å²) in [5, 5.41) is 9.33. The van der Waals surface area contributed by atoms with Crippen molar-refractivity contribution in [3.8, 4) is 0 Å². The van der Waals surface area contributed by atoms with Gasteiger partial charge in [-0.25, -0.2) is 0 Å². The van der Waals surface area contributed by atoms with Crippen LogP contribution in [0.25, 0.3) is 0 Å². The molecule has 0 aliphatic heterocycles. The highest BCUT2D eigenvalue weighted by atomic mass is 16.5. The first-order chi connectivity index (χ1) is 19.1. The number of esters is 1. The average Bonchev–Trinajstić information content (AvgIpc) is 2.93. The molecular formula is C35H66O4. The van der Waals surface area contributed by atoms with Crippen LogP contribution >= 0.6 is 0 Å². The summed E-state index contributed by atoms with van der Waals surface area (Å²) < 4.78 is 5.03. The van der Waals surface area contributed by atoms with Crippen LogP contribution in [0.3, 0.4) is 0 Å². The van der Waals surface area contributed by atoms with Crippen LogP contribution in [0.1, 0.15) is 187 Å². The van der Waals surface area contributed by atoms with Gasteiger partial charge in [-0.3, -0.25) is 9.59 Å². The monoisotopic (exact) mass is 550 g/mol. The molecule has 0 aromatic carbocycles. The van der Waals surface area contributed by atoms with Crippen molar-refractivity contribution in [1.29, 1.82) is 0 Å².